The average molecular weight is 430 g/mol. The van der Waals surface area contributed by atoms with Crippen LogP contribution < -0.4 is 5.32 Å². The Morgan fingerprint density at radius 1 is 1.07 bits per heavy atom. The van der Waals surface area contributed by atoms with Crippen LogP contribution in [0.25, 0.3) is 11.1 Å². The van der Waals surface area contributed by atoms with Crippen LogP contribution in [0.3, 0.4) is 0 Å². The van der Waals surface area contributed by atoms with Gasteiger partial charge in [-0.05, 0) is 40.8 Å². The van der Waals surface area contributed by atoms with Crippen LogP contribution in [0.5, 0.6) is 0 Å². The first kappa shape index (κ1) is 22.2. The minimum Gasteiger partial charge on any atom is -0.480 e. The van der Waals surface area contributed by atoms with E-state index in [-0.39, 0.29) is 12.5 Å². The van der Waals surface area contributed by atoms with Gasteiger partial charge in [0.15, 0.2) is 0 Å². The van der Waals surface area contributed by atoms with E-state index in [4.69, 9.17) is 9.47 Å². The van der Waals surface area contributed by atoms with E-state index in [2.05, 4.69) is 17.4 Å². The lowest BCUT2D eigenvalue weighted by Gasteiger charge is -2.17. The SMILES string of the molecule is COCCCCSCC(NC(=O)OCC1c2ccccc2-c2ccccc21)C(=O)O. The molecule has 0 saturated carbocycles. The van der Waals surface area contributed by atoms with Crippen molar-refractivity contribution in [1.29, 1.82) is 0 Å². The molecule has 1 aliphatic carbocycles. The number of carbonyl (C=O) groups is 2. The topological polar surface area (TPSA) is 84.9 Å². The molecule has 7 heteroatoms. The summed E-state index contributed by atoms with van der Waals surface area (Å²) in [6.45, 7) is 0.858. The van der Waals surface area contributed by atoms with E-state index >= 15 is 0 Å². The number of thioether (sulfide) groups is 1. The summed E-state index contributed by atoms with van der Waals surface area (Å²) in [6, 6.07) is 15.2. The highest BCUT2D eigenvalue weighted by Crippen LogP contribution is 2.44. The number of benzene rings is 2. The van der Waals surface area contributed by atoms with Gasteiger partial charge in [-0.25, -0.2) is 9.59 Å². The molecule has 0 fully saturated rings. The Morgan fingerprint density at radius 2 is 1.70 bits per heavy atom. The van der Waals surface area contributed by atoms with Crippen molar-refractivity contribution in [3.63, 3.8) is 0 Å². The van der Waals surface area contributed by atoms with E-state index in [0.717, 1.165) is 40.8 Å². The number of amides is 1. The highest BCUT2D eigenvalue weighted by molar-refractivity contribution is 7.99. The van der Waals surface area contributed by atoms with Gasteiger partial charge >= 0.3 is 12.1 Å². The van der Waals surface area contributed by atoms with Gasteiger partial charge in [0.05, 0.1) is 0 Å². The summed E-state index contributed by atoms with van der Waals surface area (Å²) in [5.74, 6) is 0.000868. The smallest absolute Gasteiger partial charge is 0.407 e. The minimum atomic E-state index is -1.06. The lowest BCUT2D eigenvalue weighted by atomic mass is 9.98. The van der Waals surface area contributed by atoms with Crippen molar-refractivity contribution in [3.05, 3.63) is 59.7 Å². The average Bonchev–Trinajstić information content (AvgIpc) is 3.07. The monoisotopic (exact) mass is 429 g/mol. The molecule has 0 aromatic heterocycles. The summed E-state index contributed by atoms with van der Waals surface area (Å²) in [6.07, 6.45) is 1.17. The standard InChI is InChI=1S/C23H27NO5S/c1-28-12-6-7-13-30-15-21(22(25)26)24-23(27)29-14-20-18-10-4-2-8-16(18)17-9-3-5-11-19(17)20/h2-5,8-11,20-21H,6-7,12-15H2,1H3,(H,24,27)(H,25,26). The number of aliphatic carboxylic acids is 1. The number of carboxylic acids is 1. The van der Waals surface area contributed by atoms with Crippen molar-refractivity contribution in [2.45, 2.75) is 24.8 Å². The van der Waals surface area contributed by atoms with Crippen molar-refractivity contribution in [1.82, 2.24) is 5.32 Å². The first-order valence-electron chi connectivity index (χ1n) is 10.0. The molecular formula is C23H27NO5S. The first-order valence-corrected chi connectivity index (χ1v) is 11.2. The van der Waals surface area contributed by atoms with E-state index < -0.39 is 18.1 Å². The number of carboxylic acid groups (broad SMARTS) is 1. The fourth-order valence-corrected chi connectivity index (χ4v) is 4.65. The molecule has 2 aromatic carbocycles. The number of ether oxygens (including phenoxy) is 2. The summed E-state index contributed by atoms with van der Waals surface area (Å²) in [5.41, 5.74) is 4.53. The number of rotatable bonds is 11. The Morgan fingerprint density at radius 3 is 2.30 bits per heavy atom. The van der Waals surface area contributed by atoms with E-state index in [0.29, 0.717) is 12.4 Å². The molecule has 0 heterocycles. The lowest BCUT2D eigenvalue weighted by molar-refractivity contribution is -0.138. The van der Waals surface area contributed by atoms with Crippen LogP contribution in [0.4, 0.5) is 4.79 Å². The zero-order chi connectivity index (χ0) is 21.3. The quantitative estimate of drug-likeness (QED) is 0.522. The van der Waals surface area contributed by atoms with Crippen molar-refractivity contribution >= 4 is 23.8 Å². The number of nitrogens with one attached hydrogen (secondary N) is 1. The lowest BCUT2D eigenvalue weighted by Crippen LogP contribution is -2.43. The second kappa shape index (κ2) is 11.0. The Balaban J connectivity index is 1.53. The first-order chi connectivity index (χ1) is 14.6. The molecule has 30 heavy (non-hydrogen) atoms. The van der Waals surface area contributed by atoms with Crippen molar-refractivity contribution in [3.8, 4) is 11.1 Å². The van der Waals surface area contributed by atoms with Crippen LogP contribution >= 0.6 is 11.8 Å². The van der Waals surface area contributed by atoms with Crippen LogP contribution in [0, 0.1) is 0 Å². The predicted molar refractivity (Wildman–Crippen MR) is 118 cm³/mol. The van der Waals surface area contributed by atoms with Crippen molar-refractivity contribution < 1.29 is 24.2 Å². The van der Waals surface area contributed by atoms with Crippen LogP contribution in [-0.4, -0.2) is 55.0 Å². The summed E-state index contributed by atoms with van der Waals surface area (Å²) >= 11 is 1.50. The van der Waals surface area contributed by atoms with Gasteiger partial charge in [0.2, 0.25) is 0 Å². The number of carbonyl (C=O) groups excluding carboxylic acids is 1. The Bertz CT molecular complexity index is 827. The fourth-order valence-electron chi connectivity index (χ4n) is 3.61. The van der Waals surface area contributed by atoms with Gasteiger partial charge in [-0.1, -0.05) is 48.5 Å². The molecule has 0 radical (unpaired) electrons. The van der Waals surface area contributed by atoms with Crippen LogP contribution in [-0.2, 0) is 14.3 Å². The highest BCUT2D eigenvalue weighted by atomic mass is 32.2. The molecule has 1 atom stereocenters. The molecule has 1 aliphatic rings. The predicted octanol–water partition coefficient (Wildman–Crippen LogP) is 4.14. The van der Waals surface area contributed by atoms with Gasteiger partial charge in [-0.3, -0.25) is 0 Å². The Labute approximate surface area is 181 Å². The maximum absolute atomic E-state index is 12.3. The Kier molecular flexibility index (Phi) is 8.16. The number of alkyl carbamates (subject to hydrolysis) is 1. The molecule has 2 aromatic rings. The zero-order valence-electron chi connectivity index (χ0n) is 17.0. The molecule has 0 aliphatic heterocycles. The molecule has 0 spiro atoms. The number of unbranched alkanes of at least 4 members (excludes halogenated alkanes) is 1. The van der Waals surface area contributed by atoms with E-state index in [1.54, 1.807) is 7.11 Å². The number of hydrogen-bond acceptors (Lipinski definition) is 5. The van der Waals surface area contributed by atoms with Gasteiger partial charge in [-0.15, -0.1) is 0 Å². The van der Waals surface area contributed by atoms with Crippen molar-refractivity contribution in [2.75, 3.05) is 31.8 Å². The largest absolute Gasteiger partial charge is 0.480 e. The number of fused-ring (bicyclic) bond motifs is 3. The molecule has 6 nitrogen and oxygen atoms in total. The zero-order valence-corrected chi connectivity index (χ0v) is 17.8. The molecule has 3 rings (SSSR count). The second-order valence-corrected chi connectivity index (χ2v) is 8.29. The van der Waals surface area contributed by atoms with E-state index in [9.17, 15) is 14.7 Å². The van der Waals surface area contributed by atoms with E-state index in [1.807, 2.05) is 36.4 Å². The number of hydrogen-bond donors (Lipinski definition) is 2. The second-order valence-electron chi connectivity index (χ2n) is 7.14. The minimum absolute atomic E-state index is 0.0541. The van der Waals surface area contributed by atoms with Crippen LogP contribution in [0.1, 0.15) is 29.9 Å². The molecule has 0 saturated heterocycles. The summed E-state index contributed by atoms with van der Waals surface area (Å²) < 4.78 is 10.4. The van der Waals surface area contributed by atoms with Gasteiger partial charge in [-0.2, -0.15) is 11.8 Å². The summed E-state index contributed by atoms with van der Waals surface area (Å²) in [5, 5.41) is 11.9. The summed E-state index contributed by atoms with van der Waals surface area (Å²) in [4.78, 5) is 23.8. The fraction of sp³-hybridized carbons (Fsp3) is 0.391. The third-order valence-electron chi connectivity index (χ3n) is 5.11. The highest BCUT2D eigenvalue weighted by Gasteiger charge is 2.29. The molecular weight excluding hydrogens is 402 g/mol. The van der Waals surface area contributed by atoms with Gasteiger partial charge in [0.1, 0.15) is 12.6 Å². The maximum Gasteiger partial charge on any atom is 0.407 e. The molecule has 1 unspecified atom stereocenters. The maximum atomic E-state index is 12.3. The molecule has 2 N–H and O–H groups in total. The van der Waals surface area contributed by atoms with Gasteiger partial charge in [0, 0.05) is 25.4 Å². The van der Waals surface area contributed by atoms with E-state index in [1.165, 1.54) is 11.8 Å². The van der Waals surface area contributed by atoms with Gasteiger partial charge in [0.25, 0.3) is 0 Å². The molecule has 0 bridgehead atoms. The van der Waals surface area contributed by atoms with Gasteiger partial charge < -0.3 is 19.9 Å². The third-order valence-corrected chi connectivity index (χ3v) is 6.25. The molecule has 160 valence electrons. The molecule has 1 amide bonds. The van der Waals surface area contributed by atoms with Crippen molar-refractivity contribution in [2.24, 2.45) is 0 Å². The van der Waals surface area contributed by atoms with Crippen LogP contribution in [0.2, 0.25) is 0 Å². The Hall–Kier alpha value is -2.51. The third kappa shape index (κ3) is 5.55. The number of methoxy groups -OCH3 is 1. The normalized spacial score (nSPS) is 13.4. The van der Waals surface area contributed by atoms with Crippen LogP contribution in [0.15, 0.2) is 48.5 Å². The summed E-state index contributed by atoms with van der Waals surface area (Å²) in [7, 11) is 1.66.